The topological polar surface area (TPSA) is 66.5 Å². The minimum Gasteiger partial charge on any atom is -0.346 e. The van der Waals surface area contributed by atoms with Crippen LogP contribution in [0, 0.1) is 20.8 Å². The van der Waals surface area contributed by atoms with Gasteiger partial charge in [0.1, 0.15) is 0 Å². The van der Waals surface area contributed by atoms with Crippen molar-refractivity contribution in [1.29, 1.82) is 0 Å². The van der Waals surface area contributed by atoms with Crippen molar-refractivity contribution in [1.82, 2.24) is 5.32 Å². The van der Waals surface area contributed by atoms with Crippen LogP contribution in [0.15, 0.2) is 71.6 Å². The highest BCUT2D eigenvalue weighted by atomic mass is 32.2. The van der Waals surface area contributed by atoms with Gasteiger partial charge in [0, 0.05) is 12.6 Å². The Morgan fingerprint density at radius 3 is 2.23 bits per heavy atom. The summed E-state index contributed by atoms with van der Waals surface area (Å²) >= 11 is 0. The van der Waals surface area contributed by atoms with Crippen molar-refractivity contribution in [2.45, 2.75) is 38.6 Å². The maximum Gasteiger partial charge on any atom is 0.264 e. The summed E-state index contributed by atoms with van der Waals surface area (Å²) in [6.07, 6.45) is 0. The molecule has 1 amide bonds. The fourth-order valence-corrected chi connectivity index (χ4v) is 4.43. The highest BCUT2D eigenvalue weighted by Crippen LogP contribution is 2.24. The maximum absolute atomic E-state index is 13.0. The molecule has 3 rings (SSSR count). The van der Waals surface area contributed by atoms with Crippen LogP contribution in [0.3, 0.4) is 0 Å². The number of nitrogens with one attached hydrogen (secondary N) is 1. The monoisotopic (exact) mass is 436 g/mol. The summed E-state index contributed by atoms with van der Waals surface area (Å²) in [7, 11) is -2.23. The Balaban J connectivity index is 1.81. The van der Waals surface area contributed by atoms with Gasteiger partial charge in [0.05, 0.1) is 16.6 Å². The van der Waals surface area contributed by atoms with E-state index in [1.165, 1.54) is 22.5 Å². The predicted molar refractivity (Wildman–Crippen MR) is 125 cm³/mol. The lowest BCUT2D eigenvalue weighted by molar-refractivity contribution is 0.0940. The second-order valence-electron chi connectivity index (χ2n) is 7.87. The van der Waals surface area contributed by atoms with Crippen molar-refractivity contribution in [2.75, 3.05) is 11.4 Å². The molecule has 0 aromatic heterocycles. The summed E-state index contributed by atoms with van der Waals surface area (Å²) in [4.78, 5) is 13.0. The number of amides is 1. The molecule has 0 aliphatic rings. The van der Waals surface area contributed by atoms with E-state index in [9.17, 15) is 13.2 Å². The van der Waals surface area contributed by atoms with Crippen molar-refractivity contribution in [3.63, 3.8) is 0 Å². The van der Waals surface area contributed by atoms with Crippen molar-refractivity contribution in [3.8, 4) is 0 Å². The first-order chi connectivity index (χ1) is 14.6. The number of aryl methyl sites for hydroxylation is 3. The Morgan fingerprint density at radius 1 is 0.903 bits per heavy atom. The van der Waals surface area contributed by atoms with Gasteiger partial charge in [-0.2, -0.15) is 0 Å². The third-order valence-electron chi connectivity index (χ3n) is 5.53. The zero-order chi connectivity index (χ0) is 22.8. The van der Waals surface area contributed by atoms with E-state index in [2.05, 4.69) is 18.3 Å². The average Bonchev–Trinajstić information content (AvgIpc) is 2.75. The van der Waals surface area contributed by atoms with Gasteiger partial charge in [0.2, 0.25) is 0 Å². The van der Waals surface area contributed by atoms with Gasteiger partial charge in [-0.05, 0) is 74.7 Å². The van der Waals surface area contributed by atoms with Crippen LogP contribution < -0.4 is 9.62 Å². The third kappa shape index (κ3) is 4.97. The number of nitrogens with zero attached hydrogens (tertiary/aromatic N) is 1. The van der Waals surface area contributed by atoms with Gasteiger partial charge in [-0.25, -0.2) is 8.42 Å². The molecule has 0 saturated heterocycles. The molecule has 0 saturated carbocycles. The van der Waals surface area contributed by atoms with Crippen LogP contribution >= 0.6 is 0 Å². The first kappa shape index (κ1) is 22.6. The van der Waals surface area contributed by atoms with E-state index in [0.717, 1.165) is 11.1 Å². The quantitative estimate of drug-likeness (QED) is 0.596. The molecule has 162 valence electrons. The van der Waals surface area contributed by atoms with Crippen molar-refractivity contribution in [2.24, 2.45) is 0 Å². The molecule has 1 N–H and O–H groups in total. The van der Waals surface area contributed by atoms with Gasteiger partial charge in [0.25, 0.3) is 15.9 Å². The Kier molecular flexibility index (Phi) is 6.51. The minimum absolute atomic E-state index is 0.176. The van der Waals surface area contributed by atoms with E-state index < -0.39 is 10.0 Å². The number of rotatable bonds is 6. The molecular weight excluding hydrogens is 408 g/mol. The molecule has 3 aromatic carbocycles. The average molecular weight is 437 g/mol. The van der Waals surface area contributed by atoms with Crippen molar-refractivity contribution in [3.05, 3.63) is 94.5 Å². The molecule has 6 heteroatoms. The van der Waals surface area contributed by atoms with Gasteiger partial charge < -0.3 is 5.32 Å². The van der Waals surface area contributed by atoms with Crippen LogP contribution in [0.5, 0.6) is 0 Å². The molecule has 0 aliphatic heterocycles. The SMILES string of the molecule is Cc1ccc(S(=O)(=O)N(C)c2cccc(C(=O)NC(C)c3ccc(C)c(C)c3)c2)cc1. The Morgan fingerprint density at radius 2 is 1.58 bits per heavy atom. The number of hydrogen-bond donors (Lipinski definition) is 1. The molecule has 0 fully saturated rings. The number of anilines is 1. The fourth-order valence-electron chi connectivity index (χ4n) is 3.25. The van der Waals surface area contributed by atoms with Crippen molar-refractivity contribution < 1.29 is 13.2 Å². The maximum atomic E-state index is 13.0. The minimum atomic E-state index is -3.72. The Hall–Kier alpha value is -3.12. The highest BCUT2D eigenvalue weighted by molar-refractivity contribution is 7.92. The smallest absolute Gasteiger partial charge is 0.264 e. The second kappa shape index (κ2) is 8.94. The van der Waals surface area contributed by atoms with E-state index in [1.807, 2.05) is 32.9 Å². The molecule has 0 heterocycles. The summed E-state index contributed by atoms with van der Waals surface area (Å²) in [6, 6.07) is 19.3. The van der Waals surface area contributed by atoms with E-state index >= 15 is 0 Å². The number of hydrogen-bond acceptors (Lipinski definition) is 3. The molecular formula is C25H28N2O3S. The number of benzene rings is 3. The Labute approximate surface area is 184 Å². The lowest BCUT2D eigenvalue weighted by atomic mass is 10.0. The molecule has 0 spiro atoms. The Bertz CT molecular complexity index is 1200. The molecule has 0 aliphatic carbocycles. The largest absolute Gasteiger partial charge is 0.346 e. The second-order valence-corrected chi connectivity index (χ2v) is 9.84. The lowest BCUT2D eigenvalue weighted by Crippen LogP contribution is -2.28. The molecule has 3 aromatic rings. The molecule has 31 heavy (non-hydrogen) atoms. The highest BCUT2D eigenvalue weighted by Gasteiger charge is 2.22. The van der Waals surface area contributed by atoms with E-state index in [1.54, 1.807) is 48.5 Å². The molecule has 1 atom stereocenters. The van der Waals surface area contributed by atoms with E-state index in [-0.39, 0.29) is 16.8 Å². The summed E-state index contributed by atoms with van der Waals surface area (Å²) in [6.45, 7) is 7.93. The zero-order valence-electron chi connectivity index (χ0n) is 18.5. The van der Waals surface area contributed by atoms with Gasteiger partial charge >= 0.3 is 0 Å². The number of sulfonamides is 1. The third-order valence-corrected chi connectivity index (χ3v) is 7.33. The summed E-state index contributed by atoms with van der Waals surface area (Å²) in [5, 5.41) is 3.00. The fraction of sp³-hybridized carbons (Fsp3) is 0.240. The molecule has 1 unspecified atom stereocenters. The zero-order valence-corrected chi connectivity index (χ0v) is 19.3. The summed E-state index contributed by atoms with van der Waals surface area (Å²) in [5.41, 5.74) is 5.20. The van der Waals surface area contributed by atoms with E-state index in [0.29, 0.717) is 11.3 Å². The first-order valence-corrected chi connectivity index (χ1v) is 11.6. The standard InChI is InChI=1S/C25H28N2O3S/c1-17-9-13-24(14-10-17)31(29,30)27(5)23-8-6-7-22(16-23)25(28)26-20(4)21-12-11-18(2)19(3)15-21/h6-16,20H,1-5H3,(H,26,28). The van der Waals surface area contributed by atoms with Crippen molar-refractivity contribution >= 4 is 21.6 Å². The van der Waals surface area contributed by atoms with Crippen LogP contribution in [0.2, 0.25) is 0 Å². The molecule has 5 nitrogen and oxygen atoms in total. The van der Waals surface area contributed by atoms with Crippen LogP contribution in [0.4, 0.5) is 5.69 Å². The summed E-state index contributed by atoms with van der Waals surface area (Å²) in [5.74, 6) is -0.256. The van der Waals surface area contributed by atoms with Gasteiger partial charge in [0.15, 0.2) is 0 Å². The normalized spacial score (nSPS) is 12.3. The van der Waals surface area contributed by atoms with E-state index in [4.69, 9.17) is 0 Å². The molecule has 0 bridgehead atoms. The van der Waals surface area contributed by atoms with Gasteiger partial charge in [-0.3, -0.25) is 9.10 Å². The predicted octanol–water partition coefficient (Wildman–Crippen LogP) is 4.93. The lowest BCUT2D eigenvalue weighted by Gasteiger charge is -2.21. The number of carbonyl (C=O) groups excluding carboxylic acids is 1. The van der Waals surface area contributed by atoms with Crippen LogP contribution in [-0.4, -0.2) is 21.4 Å². The first-order valence-electron chi connectivity index (χ1n) is 10.1. The van der Waals surface area contributed by atoms with Crippen LogP contribution in [0.1, 0.15) is 45.6 Å². The molecule has 0 radical (unpaired) electrons. The van der Waals surface area contributed by atoms with Gasteiger partial charge in [-0.1, -0.05) is 42.0 Å². The van der Waals surface area contributed by atoms with Gasteiger partial charge in [-0.15, -0.1) is 0 Å². The van der Waals surface area contributed by atoms with Crippen LogP contribution in [0.25, 0.3) is 0 Å². The van der Waals surface area contributed by atoms with Crippen LogP contribution in [-0.2, 0) is 10.0 Å². The summed E-state index contributed by atoms with van der Waals surface area (Å²) < 4.78 is 27.1. The number of carbonyl (C=O) groups is 1.